The number of rotatable bonds is 6. The molecule has 30 heavy (non-hydrogen) atoms. The molecule has 0 aliphatic rings. The average Bonchev–Trinajstić information content (AvgIpc) is 3.06. The van der Waals surface area contributed by atoms with Crippen molar-refractivity contribution in [2.45, 2.75) is 20.4 Å². The molecule has 0 spiro atoms. The van der Waals surface area contributed by atoms with Gasteiger partial charge in [-0.3, -0.25) is 14.2 Å². The molecule has 1 heterocycles. The van der Waals surface area contributed by atoms with Crippen molar-refractivity contribution in [2.24, 2.45) is 0 Å². The van der Waals surface area contributed by atoms with Crippen molar-refractivity contribution in [2.75, 3.05) is 11.9 Å². The zero-order valence-corrected chi connectivity index (χ0v) is 17.5. The summed E-state index contributed by atoms with van der Waals surface area (Å²) in [5, 5.41) is 12.4. The van der Waals surface area contributed by atoms with Crippen LogP contribution < -0.4 is 24.8 Å². The summed E-state index contributed by atoms with van der Waals surface area (Å²) in [7, 11) is 0. The number of amides is 1. The molecule has 1 amide bonds. The summed E-state index contributed by atoms with van der Waals surface area (Å²) in [5.41, 5.74) is 1.00. The molecule has 2 aromatic carbocycles. The smallest absolute Gasteiger partial charge is 0.269 e. The lowest BCUT2D eigenvalue weighted by Gasteiger charge is -2.10. The molecule has 0 atom stereocenters. The third kappa shape index (κ3) is 4.50. The Hall–Kier alpha value is -3.63. The summed E-state index contributed by atoms with van der Waals surface area (Å²) in [6, 6.07) is 18.4. The molecule has 0 unspecified atom stereocenters. The van der Waals surface area contributed by atoms with Crippen LogP contribution in [-0.4, -0.2) is 17.1 Å². The van der Waals surface area contributed by atoms with Crippen LogP contribution in [-0.2, 0) is 11.3 Å². The van der Waals surface area contributed by atoms with Gasteiger partial charge in [-0.1, -0.05) is 42.5 Å². The van der Waals surface area contributed by atoms with E-state index in [0.29, 0.717) is 33.8 Å². The number of thiazole rings is 1. The van der Waals surface area contributed by atoms with Crippen molar-refractivity contribution in [1.29, 1.82) is 5.26 Å². The number of anilines is 1. The molecular formula is C23H21N3O3S. The Kier molecular flexibility index (Phi) is 6.83. The second kappa shape index (κ2) is 9.72. The van der Waals surface area contributed by atoms with Gasteiger partial charge < -0.3 is 10.1 Å². The minimum atomic E-state index is -0.584. The van der Waals surface area contributed by atoms with Gasteiger partial charge in [0.15, 0.2) is 5.57 Å². The van der Waals surface area contributed by atoms with Gasteiger partial charge >= 0.3 is 0 Å². The lowest BCUT2D eigenvalue weighted by Crippen LogP contribution is -2.33. The van der Waals surface area contributed by atoms with Crippen molar-refractivity contribution >= 4 is 34.6 Å². The van der Waals surface area contributed by atoms with Crippen LogP contribution in [0, 0.1) is 11.3 Å². The zero-order chi connectivity index (χ0) is 21.5. The molecule has 7 heteroatoms. The van der Waals surface area contributed by atoms with E-state index in [1.54, 1.807) is 37.3 Å². The van der Waals surface area contributed by atoms with E-state index in [-0.39, 0.29) is 11.1 Å². The molecule has 0 bridgehead atoms. The van der Waals surface area contributed by atoms with Crippen molar-refractivity contribution in [3.63, 3.8) is 0 Å². The fourth-order valence-corrected chi connectivity index (χ4v) is 4.09. The largest absolute Gasteiger partial charge is 0.492 e. The number of nitrogens with zero attached hydrogens (tertiary/aromatic N) is 2. The second-order valence-corrected chi connectivity index (χ2v) is 7.28. The first-order chi connectivity index (χ1) is 14.6. The van der Waals surface area contributed by atoms with Crippen molar-refractivity contribution in [3.05, 3.63) is 79.7 Å². The van der Waals surface area contributed by atoms with Gasteiger partial charge in [0.05, 0.1) is 16.8 Å². The third-order valence-corrected chi connectivity index (χ3v) is 5.44. The molecule has 1 aromatic heterocycles. The number of hydrogen-bond donors (Lipinski definition) is 1. The Balaban J connectivity index is 2.11. The number of nitriles is 1. The molecule has 0 radical (unpaired) electrons. The highest BCUT2D eigenvalue weighted by Crippen LogP contribution is 2.24. The second-order valence-electron chi connectivity index (χ2n) is 6.25. The molecule has 1 N–H and O–H groups in total. The normalized spacial score (nSPS) is 12.2. The minimum absolute atomic E-state index is 0.113. The van der Waals surface area contributed by atoms with Crippen LogP contribution in [0.15, 0.2) is 59.4 Å². The Morgan fingerprint density at radius 1 is 1.17 bits per heavy atom. The van der Waals surface area contributed by atoms with E-state index < -0.39 is 5.91 Å². The lowest BCUT2D eigenvalue weighted by molar-refractivity contribution is -0.111. The lowest BCUT2D eigenvalue weighted by atomic mass is 10.2. The number of nitrogens with one attached hydrogen (secondary N) is 1. The number of para-hydroxylation sites is 2. The van der Waals surface area contributed by atoms with Crippen molar-refractivity contribution < 1.29 is 9.53 Å². The number of carbonyl (C=O) groups excluding carboxylic acids is 1. The molecule has 0 aliphatic carbocycles. The first-order valence-electron chi connectivity index (χ1n) is 9.53. The van der Waals surface area contributed by atoms with Gasteiger partial charge in [-0.2, -0.15) is 5.26 Å². The van der Waals surface area contributed by atoms with E-state index >= 15 is 0 Å². The number of aromatic nitrogens is 1. The number of benzene rings is 2. The number of ether oxygens (including phenoxy) is 1. The number of hydrogen-bond acceptors (Lipinski definition) is 5. The quantitative estimate of drug-likeness (QED) is 0.665. The Labute approximate surface area is 178 Å². The average molecular weight is 420 g/mol. The maximum Gasteiger partial charge on any atom is 0.269 e. The van der Waals surface area contributed by atoms with Gasteiger partial charge in [-0.25, -0.2) is 0 Å². The van der Waals surface area contributed by atoms with Gasteiger partial charge in [0.25, 0.3) is 11.5 Å². The summed E-state index contributed by atoms with van der Waals surface area (Å²) >= 11 is 1.13. The molecule has 3 rings (SSSR count). The van der Waals surface area contributed by atoms with E-state index in [4.69, 9.17) is 4.74 Å². The van der Waals surface area contributed by atoms with E-state index in [0.717, 1.165) is 16.9 Å². The Bertz CT molecular complexity index is 1270. The first-order valence-corrected chi connectivity index (χ1v) is 10.3. The topological polar surface area (TPSA) is 84.1 Å². The standard InChI is InChI=1S/C23H21N3O3S/c1-3-26-22(28)20(14-16-10-6-5-7-11-16)30-23(26)17(15-24)21(27)25-18-12-8-9-13-19(18)29-4-2/h5-14H,3-4H2,1-2H3,(H,25,27)/b20-14-,23-17-. The highest BCUT2D eigenvalue weighted by atomic mass is 32.1. The van der Waals surface area contributed by atoms with Crippen LogP contribution in [0.4, 0.5) is 5.69 Å². The van der Waals surface area contributed by atoms with Gasteiger partial charge in [0, 0.05) is 6.54 Å². The molecular weight excluding hydrogens is 398 g/mol. The fourth-order valence-electron chi connectivity index (χ4n) is 2.92. The van der Waals surface area contributed by atoms with E-state index in [2.05, 4.69) is 5.32 Å². The molecule has 6 nitrogen and oxygen atoms in total. The summed E-state index contributed by atoms with van der Waals surface area (Å²) in [4.78, 5) is 25.7. The molecule has 0 fully saturated rings. The molecule has 0 saturated heterocycles. The van der Waals surface area contributed by atoms with Crippen LogP contribution in [0.5, 0.6) is 5.75 Å². The van der Waals surface area contributed by atoms with Gasteiger partial charge in [-0.15, -0.1) is 11.3 Å². The van der Waals surface area contributed by atoms with E-state index in [1.165, 1.54) is 4.57 Å². The highest BCUT2D eigenvalue weighted by Gasteiger charge is 2.17. The van der Waals surface area contributed by atoms with Crippen LogP contribution >= 0.6 is 11.3 Å². The predicted molar refractivity (Wildman–Crippen MR) is 119 cm³/mol. The number of carbonyl (C=O) groups is 1. The van der Waals surface area contributed by atoms with E-state index in [1.807, 2.05) is 43.3 Å². The Morgan fingerprint density at radius 2 is 1.87 bits per heavy atom. The van der Waals surface area contributed by atoms with Crippen molar-refractivity contribution in [3.8, 4) is 11.8 Å². The monoisotopic (exact) mass is 419 g/mol. The molecule has 0 aliphatic heterocycles. The Morgan fingerprint density at radius 3 is 2.53 bits per heavy atom. The SMILES string of the molecule is CCOc1ccccc1NC(=O)/C(C#N)=c1\s/c(=C\c2ccccc2)c(=O)n1CC. The summed E-state index contributed by atoms with van der Waals surface area (Å²) in [6.07, 6.45) is 1.76. The highest BCUT2D eigenvalue weighted by molar-refractivity contribution is 7.07. The summed E-state index contributed by atoms with van der Waals surface area (Å²) in [5.74, 6) is -0.0674. The maximum absolute atomic E-state index is 12.9. The summed E-state index contributed by atoms with van der Waals surface area (Å²) < 4.78 is 7.78. The van der Waals surface area contributed by atoms with Crippen LogP contribution in [0.2, 0.25) is 0 Å². The van der Waals surface area contributed by atoms with Gasteiger partial charge in [0.2, 0.25) is 0 Å². The molecule has 152 valence electrons. The summed E-state index contributed by atoms with van der Waals surface area (Å²) in [6.45, 7) is 4.45. The predicted octanol–water partition coefficient (Wildman–Crippen LogP) is 2.47. The van der Waals surface area contributed by atoms with Gasteiger partial charge in [0.1, 0.15) is 16.5 Å². The molecule has 0 saturated carbocycles. The van der Waals surface area contributed by atoms with Crippen LogP contribution in [0.1, 0.15) is 19.4 Å². The van der Waals surface area contributed by atoms with Crippen molar-refractivity contribution in [1.82, 2.24) is 4.57 Å². The maximum atomic E-state index is 12.9. The van der Waals surface area contributed by atoms with Crippen LogP contribution in [0.3, 0.4) is 0 Å². The zero-order valence-electron chi connectivity index (χ0n) is 16.7. The first kappa shape index (κ1) is 21.1. The fraction of sp³-hybridized carbons (Fsp3) is 0.174. The third-order valence-electron chi connectivity index (χ3n) is 4.31. The van der Waals surface area contributed by atoms with E-state index in [9.17, 15) is 14.9 Å². The minimum Gasteiger partial charge on any atom is -0.492 e. The van der Waals surface area contributed by atoms with Crippen LogP contribution in [0.25, 0.3) is 11.6 Å². The van der Waals surface area contributed by atoms with Gasteiger partial charge in [-0.05, 0) is 37.6 Å². The molecule has 3 aromatic rings.